The van der Waals surface area contributed by atoms with Crippen molar-refractivity contribution in [3.63, 3.8) is 0 Å². The fourth-order valence-electron chi connectivity index (χ4n) is 5.68. The van der Waals surface area contributed by atoms with E-state index < -0.39 is 23.5 Å². The molecule has 3 heterocycles. The molecular formula is C31H42FN3O5. The Kier molecular flexibility index (Phi) is 8.87. The fraction of sp³-hybridized carbons (Fsp3) is 0.548. The number of halogens is 1. The average Bonchev–Trinajstić information content (AvgIpc) is 3.12. The third kappa shape index (κ3) is 5.73. The van der Waals surface area contributed by atoms with Gasteiger partial charge in [0.05, 0.1) is 18.8 Å². The predicted octanol–water partition coefficient (Wildman–Crippen LogP) is 5.71. The number of hydrogen-bond acceptors (Lipinski definition) is 6. The summed E-state index contributed by atoms with van der Waals surface area (Å²) in [6.07, 6.45) is 0.947. The molecule has 1 atom stereocenters. The van der Waals surface area contributed by atoms with Gasteiger partial charge < -0.3 is 29.6 Å². The summed E-state index contributed by atoms with van der Waals surface area (Å²) in [5, 5.41) is 11.2. The highest BCUT2D eigenvalue weighted by molar-refractivity contribution is 6.01. The molecule has 0 bridgehead atoms. The molecule has 0 saturated heterocycles. The lowest BCUT2D eigenvalue weighted by atomic mass is 9.86. The second-order valence-electron chi connectivity index (χ2n) is 11.5. The quantitative estimate of drug-likeness (QED) is 0.309. The van der Waals surface area contributed by atoms with Gasteiger partial charge in [-0.25, -0.2) is 14.2 Å². The molecule has 0 unspecified atom stereocenters. The summed E-state index contributed by atoms with van der Waals surface area (Å²) in [5.41, 5.74) is 11.5. The first kappa shape index (κ1) is 30.0. The van der Waals surface area contributed by atoms with E-state index in [1.54, 1.807) is 6.92 Å². The number of aromatic nitrogens is 2. The minimum absolute atomic E-state index is 0.291. The molecule has 2 aromatic heterocycles. The monoisotopic (exact) mass is 555 g/mol. The van der Waals surface area contributed by atoms with Crippen LogP contribution in [0.2, 0.25) is 0 Å². The van der Waals surface area contributed by atoms with E-state index in [4.69, 9.17) is 24.9 Å². The van der Waals surface area contributed by atoms with Crippen molar-refractivity contribution in [2.75, 3.05) is 26.4 Å². The number of aliphatic carboxylic acids is 1. The molecule has 1 aliphatic heterocycles. The van der Waals surface area contributed by atoms with Crippen molar-refractivity contribution in [1.29, 1.82) is 0 Å². The van der Waals surface area contributed by atoms with Gasteiger partial charge in [0.25, 0.3) is 0 Å². The third-order valence-electron chi connectivity index (χ3n) is 7.58. The number of pyridine rings is 1. The molecule has 0 amide bonds. The molecule has 0 fully saturated rings. The van der Waals surface area contributed by atoms with Gasteiger partial charge in [-0.15, -0.1) is 0 Å². The lowest BCUT2D eigenvalue weighted by Crippen LogP contribution is -2.28. The first-order valence-electron chi connectivity index (χ1n) is 14.0. The van der Waals surface area contributed by atoms with Crippen LogP contribution in [0.25, 0.3) is 22.2 Å². The van der Waals surface area contributed by atoms with Gasteiger partial charge >= 0.3 is 5.97 Å². The standard InChI is InChI=1S/C31H42FN3O5/c1-17-20(4)35(12-9-13-38-15-11-33)29-24(17)26(22-16-23(32)27-21(18(22)2)10-8-14-39-27)25(19(3)34-29)28(30(36)37)40-31(5,6)7/h16,28H,8-15,33H2,1-7H3,(H,36,37)/t28-/m0/s1. The van der Waals surface area contributed by atoms with Crippen molar-refractivity contribution < 1.29 is 28.5 Å². The van der Waals surface area contributed by atoms with Gasteiger partial charge in [0.1, 0.15) is 5.65 Å². The summed E-state index contributed by atoms with van der Waals surface area (Å²) in [6.45, 7) is 16.0. The van der Waals surface area contributed by atoms with Crippen LogP contribution >= 0.6 is 0 Å². The smallest absolute Gasteiger partial charge is 0.337 e. The Balaban J connectivity index is 2.05. The van der Waals surface area contributed by atoms with Gasteiger partial charge in [0, 0.05) is 53.2 Å². The van der Waals surface area contributed by atoms with Crippen molar-refractivity contribution in [3.8, 4) is 16.9 Å². The van der Waals surface area contributed by atoms with Crippen molar-refractivity contribution in [1.82, 2.24) is 9.55 Å². The Hall–Kier alpha value is -3.01. The molecule has 8 nitrogen and oxygen atoms in total. The van der Waals surface area contributed by atoms with E-state index in [1.165, 1.54) is 6.07 Å². The average molecular weight is 556 g/mol. The maximum absolute atomic E-state index is 15.6. The Bertz CT molecular complexity index is 1420. The summed E-state index contributed by atoms with van der Waals surface area (Å²) in [7, 11) is 0. The van der Waals surface area contributed by atoms with Gasteiger partial charge in [-0.05, 0) is 90.5 Å². The third-order valence-corrected chi connectivity index (χ3v) is 7.58. The number of carboxylic acids is 1. The molecule has 0 spiro atoms. The lowest BCUT2D eigenvalue weighted by molar-refractivity contribution is -0.160. The van der Waals surface area contributed by atoms with Gasteiger partial charge in [0.15, 0.2) is 17.7 Å². The number of fused-ring (bicyclic) bond motifs is 2. The molecule has 1 aliphatic rings. The van der Waals surface area contributed by atoms with Gasteiger partial charge in [-0.1, -0.05) is 0 Å². The van der Waals surface area contributed by atoms with Crippen LogP contribution in [0.15, 0.2) is 6.07 Å². The van der Waals surface area contributed by atoms with Crippen LogP contribution in [0.4, 0.5) is 4.39 Å². The Morgan fingerprint density at radius 1 is 1.23 bits per heavy atom. The van der Waals surface area contributed by atoms with E-state index in [0.29, 0.717) is 67.5 Å². The second kappa shape index (κ2) is 11.8. The maximum atomic E-state index is 15.6. The van der Waals surface area contributed by atoms with Crippen LogP contribution in [-0.4, -0.2) is 52.6 Å². The predicted molar refractivity (Wildman–Crippen MR) is 154 cm³/mol. The first-order valence-corrected chi connectivity index (χ1v) is 14.0. The van der Waals surface area contributed by atoms with E-state index in [9.17, 15) is 9.90 Å². The van der Waals surface area contributed by atoms with Crippen molar-refractivity contribution in [2.24, 2.45) is 5.73 Å². The molecule has 3 aromatic rings. The Morgan fingerprint density at radius 2 is 1.95 bits per heavy atom. The highest BCUT2D eigenvalue weighted by Gasteiger charge is 2.35. The number of hydrogen-bond donors (Lipinski definition) is 2. The molecule has 1 aromatic carbocycles. The van der Waals surface area contributed by atoms with E-state index in [1.807, 2.05) is 41.5 Å². The van der Waals surface area contributed by atoms with Gasteiger partial charge in [-0.3, -0.25) is 0 Å². The molecule has 40 heavy (non-hydrogen) atoms. The van der Waals surface area contributed by atoms with Crippen LogP contribution in [-0.2, 0) is 27.2 Å². The summed E-state index contributed by atoms with van der Waals surface area (Å²) in [6, 6.07) is 1.49. The molecular weight excluding hydrogens is 513 g/mol. The van der Waals surface area contributed by atoms with Crippen molar-refractivity contribution >= 4 is 17.0 Å². The topological polar surface area (TPSA) is 109 Å². The van der Waals surface area contributed by atoms with E-state index in [-0.39, 0.29) is 0 Å². The first-order chi connectivity index (χ1) is 18.9. The van der Waals surface area contributed by atoms with E-state index in [2.05, 4.69) is 4.57 Å². The van der Waals surface area contributed by atoms with Gasteiger partial charge in [-0.2, -0.15) is 0 Å². The normalized spacial score (nSPS) is 14.3. The van der Waals surface area contributed by atoms with Crippen molar-refractivity contribution in [3.05, 3.63) is 45.5 Å². The van der Waals surface area contributed by atoms with E-state index >= 15 is 4.39 Å². The van der Waals surface area contributed by atoms with E-state index in [0.717, 1.165) is 46.3 Å². The number of carboxylic acid groups (broad SMARTS) is 1. The number of ether oxygens (including phenoxy) is 3. The highest BCUT2D eigenvalue weighted by Crippen LogP contribution is 2.46. The zero-order valence-corrected chi connectivity index (χ0v) is 24.7. The molecule has 0 saturated carbocycles. The molecule has 0 radical (unpaired) electrons. The molecule has 3 N–H and O–H groups in total. The lowest BCUT2D eigenvalue weighted by Gasteiger charge is -2.29. The number of rotatable bonds is 10. The van der Waals surface area contributed by atoms with Gasteiger partial charge in [0.2, 0.25) is 0 Å². The highest BCUT2D eigenvalue weighted by atomic mass is 19.1. The van der Waals surface area contributed by atoms with Crippen LogP contribution in [0, 0.1) is 33.5 Å². The molecule has 218 valence electrons. The summed E-state index contributed by atoms with van der Waals surface area (Å²) in [4.78, 5) is 17.7. The summed E-state index contributed by atoms with van der Waals surface area (Å²) < 4.78 is 35.2. The largest absolute Gasteiger partial charge is 0.490 e. The Labute approximate surface area is 235 Å². The number of nitrogens with zero attached hydrogens (tertiary/aromatic N) is 2. The number of carbonyl (C=O) groups is 1. The number of aryl methyl sites for hydroxylation is 3. The number of benzene rings is 1. The summed E-state index contributed by atoms with van der Waals surface area (Å²) in [5.74, 6) is -1.27. The Morgan fingerprint density at radius 3 is 2.60 bits per heavy atom. The molecule has 4 rings (SSSR count). The zero-order chi connectivity index (χ0) is 29.4. The molecule has 0 aliphatic carbocycles. The molecule has 9 heteroatoms. The maximum Gasteiger partial charge on any atom is 0.337 e. The second-order valence-corrected chi connectivity index (χ2v) is 11.5. The number of nitrogens with two attached hydrogens (primary N) is 1. The van der Waals surface area contributed by atoms with Crippen LogP contribution in [0.5, 0.6) is 5.75 Å². The summed E-state index contributed by atoms with van der Waals surface area (Å²) >= 11 is 0. The zero-order valence-electron chi connectivity index (χ0n) is 24.7. The van der Waals surface area contributed by atoms with Crippen LogP contribution < -0.4 is 10.5 Å². The van der Waals surface area contributed by atoms with Crippen LogP contribution in [0.1, 0.15) is 73.4 Å². The minimum atomic E-state index is -1.30. The fourth-order valence-corrected chi connectivity index (χ4v) is 5.68. The SMILES string of the molecule is Cc1nc2c(c(C)c(C)n2CCCOCCN)c(-c2cc(F)c3c(c2C)CCCO3)c1[C@H](OC(C)(C)C)C(=O)O. The van der Waals surface area contributed by atoms with Crippen molar-refractivity contribution in [2.45, 2.75) is 86.0 Å². The van der Waals surface area contributed by atoms with Crippen LogP contribution in [0.3, 0.4) is 0 Å². The minimum Gasteiger partial charge on any atom is -0.490 e.